The Morgan fingerprint density at radius 3 is 2.22 bits per heavy atom. The van der Waals surface area contributed by atoms with E-state index >= 15 is 0 Å². The van der Waals surface area contributed by atoms with Gasteiger partial charge in [0.2, 0.25) is 0 Å². The molecule has 0 radical (unpaired) electrons. The first kappa shape index (κ1) is 28.5. The Balaban J connectivity index is 1.48. The van der Waals surface area contributed by atoms with Crippen LogP contribution in [0.25, 0.3) is 11.0 Å². The Morgan fingerprint density at radius 1 is 0.902 bits per heavy atom. The standard InChI is InChI=1S/C32H36N4O4S/c1-20(2)24-18-15-22(4)19-29(24)40-32(37)25-9-5-6-10-26(25)33-30-31(35-28-12-8-7-11-27(28)34-30)36-41(38,39)23-16-13-21(3)14-17-23/h5-14,16-17,20,22,24,29H,15,18-19H2,1-4H3,(H,33,34)(H,35,36)/t22-,24-,29+/m1/s1. The van der Waals surface area contributed by atoms with E-state index in [9.17, 15) is 13.2 Å². The number of aromatic nitrogens is 2. The van der Waals surface area contributed by atoms with Crippen LogP contribution in [0.5, 0.6) is 0 Å². The lowest BCUT2D eigenvalue weighted by Crippen LogP contribution is -2.36. The summed E-state index contributed by atoms with van der Waals surface area (Å²) in [5.74, 6) is 0.982. The lowest BCUT2D eigenvalue weighted by Gasteiger charge is -2.36. The van der Waals surface area contributed by atoms with Crippen LogP contribution >= 0.6 is 0 Å². The molecule has 5 rings (SSSR count). The van der Waals surface area contributed by atoms with Gasteiger partial charge in [0.15, 0.2) is 11.6 Å². The Kier molecular flexibility index (Phi) is 8.26. The normalized spacial score (nSPS) is 19.2. The Hall–Kier alpha value is -3.98. The van der Waals surface area contributed by atoms with E-state index in [1.54, 1.807) is 60.7 Å². The molecule has 0 saturated heterocycles. The zero-order valence-electron chi connectivity index (χ0n) is 23.8. The quantitative estimate of drug-likeness (QED) is 0.217. The van der Waals surface area contributed by atoms with E-state index in [4.69, 9.17) is 4.74 Å². The van der Waals surface area contributed by atoms with Crippen molar-refractivity contribution >= 4 is 44.3 Å². The first-order valence-electron chi connectivity index (χ1n) is 14.0. The van der Waals surface area contributed by atoms with E-state index in [1.165, 1.54) is 0 Å². The molecule has 214 valence electrons. The summed E-state index contributed by atoms with van der Waals surface area (Å²) in [6, 6.07) is 20.8. The Labute approximate surface area is 241 Å². The van der Waals surface area contributed by atoms with Crippen LogP contribution in [0.2, 0.25) is 0 Å². The minimum Gasteiger partial charge on any atom is -0.458 e. The van der Waals surface area contributed by atoms with Crippen molar-refractivity contribution in [2.75, 3.05) is 10.0 Å². The number of benzene rings is 3. The molecule has 2 N–H and O–H groups in total. The van der Waals surface area contributed by atoms with E-state index in [0.717, 1.165) is 24.8 Å². The lowest BCUT2D eigenvalue weighted by atomic mass is 9.75. The second kappa shape index (κ2) is 11.9. The van der Waals surface area contributed by atoms with Crippen molar-refractivity contribution in [1.82, 2.24) is 9.97 Å². The van der Waals surface area contributed by atoms with Crippen LogP contribution in [-0.2, 0) is 14.8 Å². The molecule has 1 heterocycles. The number of esters is 1. The summed E-state index contributed by atoms with van der Waals surface area (Å²) >= 11 is 0. The number of ether oxygens (including phenoxy) is 1. The van der Waals surface area contributed by atoms with Crippen LogP contribution < -0.4 is 10.0 Å². The maximum absolute atomic E-state index is 13.5. The molecule has 0 aliphatic heterocycles. The van der Waals surface area contributed by atoms with Crippen molar-refractivity contribution in [3.8, 4) is 0 Å². The van der Waals surface area contributed by atoms with E-state index in [0.29, 0.717) is 40.0 Å². The fourth-order valence-corrected chi connectivity index (χ4v) is 6.42. The van der Waals surface area contributed by atoms with Gasteiger partial charge in [-0.2, -0.15) is 0 Å². The maximum Gasteiger partial charge on any atom is 0.340 e. The summed E-state index contributed by atoms with van der Waals surface area (Å²) in [5.41, 5.74) is 2.84. The van der Waals surface area contributed by atoms with E-state index in [-0.39, 0.29) is 22.6 Å². The highest BCUT2D eigenvalue weighted by atomic mass is 32.2. The number of para-hydroxylation sites is 3. The fraction of sp³-hybridized carbons (Fsp3) is 0.344. The molecule has 1 aromatic heterocycles. The number of carbonyl (C=O) groups excluding carboxylic acids is 1. The number of sulfonamides is 1. The molecule has 3 aromatic carbocycles. The molecule has 3 atom stereocenters. The van der Waals surface area contributed by atoms with Gasteiger partial charge < -0.3 is 10.1 Å². The average molecular weight is 573 g/mol. The van der Waals surface area contributed by atoms with Gasteiger partial charge in [-0.25, -0.2) is 23.2 Å². The van der Waals surface area contributed by atoms with Crippen LogP contribution in [0.3, 0.4) is 0 Å². The maximum atomic E-state index is 13.5. The third-order valence-corrected chi connectivity index (χ3v) is 9.11. The van der Waals surface area contributed by atoms with E-state index in [1.807, 2.05) is 19.1 Å². The van der Waals surface area contributed by atoms with Gasteiger partial charge in [0.05, 0.1) is 27.2 Å². The molecule has 0 unspecified atom stereocenters. The highest BCUT2D eigenvalue weighted by molar-refractivity contribution is 7.92. The molecular formula is C32H36N4O4S. The van der Waals surface area contributed by atoms with Crippen molar-refractivity contribution in [1.29, 1.82) is 0 Å². The molecule has 9 heteroatoms. The molecular weight excluding hydrogens is 536 g/mol. The van der Waals surface area contributed by atoms with Crippen molar-refractivity contribution in [3.63, 3.8) is 0 Å². The van der Waals surface area contributed by atoms with Crippen LogP contribution in [-0.4, -0.2) is 30.5 Å². The summed E-state index contributed by atoms with van der Waals surface area (Å²) < 4.78 is 35.3. The predicted molar refractivity (Wildman–Crippen MR) is 162 cm³/mol. The molecule has 0 bridgehead atoms. The zero-order valence-corrected chi connectivity index (χ0v) is 24.6. The van der Waals surface area contributed by atoms with Gasteiger partial charge in [0, 0.05) is 0 Å². The molecule has 8 nitrogen and oxygen atoms in total. The average Bonchev–Trinajstić information content (AvgIpc) is 2.93. The van der Waals surface area contributed by atoms with Gasteiger partial charge in [-0.05, 0) is 73.9 Å². The largest absolute Gasteiger partial charge is 0.458 e. The second-order valence-electron chi connectivity index (χ2n) is 11.3. The van der Waals surface area contributed by atoms with Crippen molar-refractivity contribution < 1.29 is 17.9 Å². The molecule has 1 fully saturated rings. The summed E-state index contributed by atoms with van der Waals surface area (Å²) in [4.78, 5) is 22.9. The van der Waals surface area contributed by atoms with Crippen molar-refractivity contribution in [3.05, 3.63) is 83.9 Å². The number of aryl methyl sites for hydroxylation is 1. The van der Waals surface area contributed by atoms with E-state index in [2.05, 4.69) is 40.8 Å². The highest BCUT2D eigenvalue weighted by Crippen LogP contribution is 2.36. The SMILES string of the molecule is Cc1ccc(S(=O)(=O)Nc2nc3ccccc3nc2Nc2ccccc2C(=O)O[C@H]2C[C@H](C)CC[C@@H]2C(C)C)cc1. The number of rotatable bonds is 8. The number of fused-ring (bicyclic) bond motifs is 1. The van der Waals surface area contributed by atoms with Gasteiger partial charge >= 0.3 is 5.97 Å². The van der Waals surface area contributed by atoms with Gasteiger partial charge in [-0.3, -0.25) is 4.72 Å². The summed E-state index contributed by atoms with van der Waals surface area (Å²) in [7, 11) is -3.96. The number of hydrogen-bond donors (Lipinski definition) is 2. The van der Waals surface area contributed by atoms with Gasteiger partial charge in [0.1, 0.15) is 6.10 Å². The number of nitrogens with zero attached hydrogens (tertiary/aromatic N) is 2. The van der Waals surface area contributed by atoms with Crippen LogP contribution in [0, 0.1) is 24.7 Å². The first-order valence-corrected chi connectivity index (χ1v) is 15.5. The number of nitrogens with one attached hydrogen (secondary N) is 2. The molecule has 41 heavy (non-hydrogen) atoms. The molecule has 0 spiro atoms. The second-order valence-corrected chi connectivity index (χ2v) is 13.0. The Morgan fingerprint density at radius 2 is 1.54 bits per heavy atom. The van der Waals surface area contributed by atoms with Crippen molar-refractivity contribution in [2.24, 2.45) is 17.8 Å². The van der Waals surface area contributed by atoms with Crippen molar-refractivity contribution in [2.45, 2.75) is 58.0 Å². The third-order valence-electron chi connectivity index (χ3n) is 7.75. The lowest BCUT2D eigenvalue weighted by molar-refractivity contribution is -0.0173. The zero-order chi connectivity index (χ0) is 29.1. The van der Waals surface area contributed by atoms with Crippen LogP contribution in [0.1, 0.15) is 56.0 Å². The monoisotopic (exact) mass is 572 g/mol. The molecule has 1 aliphatic rings. The minimum atomic E-state index is -3.96. The third kappa shape index (κ3) is 6.51. The predicted octanol–water partition coefficient (Wildman–Crippen LogP) is 7.10. The summed E-state index contributed by atoms with van der Waals surface area (Å²) in [6.07, 6.45) is 2.85. The first-order chi connectivity index (χ1) is 19.6. The molecule has 1 saturated carbocycles. The summed E-state index contributed by atoms with van der Waals surface area (Å²) in [5, 5.41) is 3.18. The number of carbonyl (C=O) groups is 1. The molecule has 0 amide bonds. The number of hydrogen-bond acceptors (Lipinski definition) is 7. The van der Waals surface area contributed by atoms with Gasteiger partial charge in [-0.15, -0.1) is 0 Å². The van der Waals surface area contributed by atoms with E-state index < -0.39 is 16.0 Å². The minimum absolute atomic E-state index is 0.0217. The van der Waals surface area contributed by atoms with Crippen LogP contribution in [0.15, 0.2) is 77.7 Å². The molecule has 4 aromatic rings. The highest BCUT2D eigenvalue weighted by Gasteiger charge is 2.34. The Bertz CT molecular complexity index is 1650. The van der Waals surface area contributed by atoms with Crippen LogP contribution in [0.4, 0.5) is 17.3 Å². The fourth-order valence-electron chi connectivity index (χ4n) is 5.41. The summed E-state index contributed by atoms with van der Waals surface area (Å²) in [6.45, 7) is 8.44. The smallest absolute Gasteiger partial charge is 0.340 e. The van der Waals surface area contributed by atoms with Gasteiger partial charge in [-0.1, -0.05) is 69.2 Å². The van der Waals surface area contributed by atoms with Gasteiger partial charge in [0.25, 0.3) is 10.0 Å². The number of anilines is 3. The topological polar surface area (TPSA) is 110 Å². The molecule has 1 aliphatic carbocycles.